The van der Waals surface area contributed by atoms with E-state index >= 15 is 0 Å². The number of rotatable bonds is 3. The van der Waals surface area contributed by atoms with Crippen LogP contribution in [0.3, 0.4) is 0 Å². The second-order valence-electron chi connectivity index (χ2n) is 2.05. The van der Waals surface area contributed by atoms with Gasteiger partial charge in [-0.25, -0.2) is 5.06 Å². The third-order valence-corrected chi connectivity index (χ3v) is 1.23. The van der Waals surface area contributed by atoms with Gasteiger partial charge in [-0.3, -0.25) is 9.63 Å². The Morgan fingerprint density at radius 2 is 2.27 bits per heavy atom. The molecule has 0 aliphatic carbocycles. The predicted molar refractivity (Wildman–Crippen MR) is 44.2 cm³/mol. The van der Waals surface area contributed by atoms with Crippen LogP contribution in [-0.2, 0) is 9.63 Å². The minimum Gasteiger partial charge on any atom is -0.274 e. The highest BCUT2D eigenvalue weighted by Gasteiger charge is 2.01. The molecule has 0 saturated carbocycles. The van der Waals surface area contributed by atoms with Gasteiger partial charge in [0.15, 0.2) is 0 Å². The maximum Gasteiger partial charge on any atom is 0.269 e. The van der Waals surface area contributed by atoms with Crippen LogP contribution in [0.5, 0.6) is 0 Å². The first kappa shape index (κ1) is 10.5. The number of nitrogens with zero attached hydrogens (tertiary/aromatic N) is 1. The normalized spacial score (nSPS) is 13.5. The Morgan fingerprint density at radius 3 is 2.64 bits per heavy atom. The van der Waals surface area contributed by atoms with Crippen molar-refractivity contribution in [3.63, 3.8) is 0 Å². The van der Waals surface area contributed by atoms with Crippen molar-refractivity contribution in [1.82, 2.24) is 5.06 Å². The van der Waals surface area contributed by atoms with E-state index in [9.17, 15) is 4.79 Å². The predicted octanol–water partition coefficient (Wildman–Crippen LogP) is 1.19. The molecule has 0 aliphatic rings. The Morgan fingerprint density at radius 1 is 1.73 bits per heavy atom. The van der Waals surface area contributed by atoms with Crippen LogP contribution in [0.1, 0.15) is 6.92 Å². The molecule has 0 rings (SSSR count). The summed E-state index contributed by atoms with van der Waals surface area (Å²) in [4.78, 5) is 15.6. The molecule has 0 N–H and O–H groups in total. The number of allylic oxidation sites excluding steroid dienone is 1. The topological polar surface area (TPSA) is 29.5 Å². The fourth-order valence-corrected chi connectivity index (χ4v) is 0.483. The molecule has 1 unspecified atom stereocenters. The van der Waals surface area contributed by atoms with Gasteiger partial charge >= 0.3 is 0 Å². The standard InChI is InChI=1S/C7H12ClNO2/c1-6(8)4-5-7(10)9(2)11-3/h4-6H,1-3H3/b5-4+. The van der Waals surface area contributed by atoms with Gasteiger partial charge in [0, 0.05) is 18.5 Å². The monoisotopic (exact) mass is 177 g/mol. The molecule has 0 spiro atoms. The summed E-state index contributed by atoms with van der Waals surface area (Å²) in [5.74, 6) is -0.222. The summed E-state index contributed by atoms with van der Waals surface area (Å²) in [6.45, 7) is 1.78. The molecule has 0 aromatic carbocycles. The Labute approximate surface area is 71.5 Å². The molecule has 0 saturated heterocycles. The summed E-state index contributed by atoms with van der Waals surface area (Å²) in [6, 6.07) is 0. The van der Waals surface area contributed by atoms with Gasteiger partial charge in [0.05, 0.1) is 7.11 Å². The third-order valence-electron chi connectivity index (χ3n) is 1.09. The average Bonchev–Trinajstić information content (AvgIpc) is 1.98. The molecule has 0 heterocycles. The highest BCUT2D eigenvalue weighted by atomic mass is 35.5. The van der Waals surface area contributed by atoms with Crippen molar-refractivity contribution in [1.29, 1.82) is 0 Å². The van der Waals surface area contributed by atoms with E-state index in [4.69, 9.17) is 11.6 Å². The molecule has 4 heteroatoms. The molecule has 11 heavy (non-hydrogen) atoms. The maximum absolute atomic E-state index is 10.9. The smallest absolute Gasteiger partial charge is 0.269 e. The Hall–Kier alpha value is -0.540. The molecule has 0 aliphatic heterocycles. The Kier molecular flexibility index (Phi) is 4.90. The molecule has 1 atom stereocenters. The van der Waals surface area contributed by atoms with E-state index in [0.29, 0.717) is 0 Å². The quantitative estimate of drug-likeness (QED) is 0.368. The second kappa shape index (κ2) is 5.16. The van der Waals surface area contributed by atoms with Crippen LogP contribution in [-0.4, -0.2) is 30.5 Å². The largest absolute Gasteiger partial charge is 0.274 e. The van der Waals surface area contributed by atoms with Gasteiger partial charge in [-0.15, -0.1) is 11.6 Å². The molecule has 1 amide bonds. The van der Waals surface area contributed by atoms with Gasteiger partial charge in [-0.1, -0.05) is 6.08 Å². The van der Waals surface area contributed by atoms with Crippen LogP contribution in [0.2, 0.25) is 0 Å². The van der Waals surface area contributed by atoms with E-state index < -0.39 is 0 Å². The fraction of sp³-hybridized carbons (Fsp3) is 0.571. The van der Waals surface area contributed by atoms with Gasteiger partial charge in [-0.05, 0) is 6.92 Å². The van der Waals surface area contributed by atoms with Gasteiger partial charge < -0.3 is 0 Å². The molecule has 0 bridgehead atoms. The van der Waals surface area contributed by atoms with Crippen LogP contribution >= 0.6 is 11.6 Å². The van der Waals surface area contributed by atoms with E-state index in [1.54, 1.807) is 13.0 Å². The number of halogens is 1. The first-order chi connectivity index (χ1) is 5.07. The molecule has 0 aromatic rings. The summed E-state index contributed by atoms with van der Waals surface area (Å²) in [7, 11) is 2.96. The number of carbonyl (C=O) groups excluding carboxylic acids is 1. The molecule has 0 fully saturated rings. The maximum atomic E-state index is 10.9. The number of amides is 1. The zero-order chi connectivity index (χ0) is 8.85. The van der Waals surface area contributed by atoms with E-state index in [1.165, 1.54) is 20.2 Å². The zero-order valence-corrected chi connectivity index (χ0v) is 7.63. The first-order valence-electron chi connectivity index (χ1n) is 3.22. The summed E-state index contributed by atoms with van der Waals surface area (Å²) in [6.07, 6.45) is 2.97. The van der Waals surface area contributed by atoms with Crippen molar-refractivity contribution < 1.29 is 9.63 Å². The minimum absolute atomic E-state index is 0.135. The van der Waals surface area contributed by atoms with Crippen LogP contribution in [0.4, 0.5) is 0 Å². The number of carbonyl (C=O) groups is 1. The first-order valence-corrected chi connectivity index (χ1v) is 3.65. The van der Waals surface area contributed by atoms with Crippen LogP contribution in [0.25, 0.3) is 0 Å². The van der Waals surface area contributed by atoms with Crippen molar-refractivity contribution in [2.45, 2.75) is 12.3 Å². The van der Waals surface area contributed by atoms with Crippen molar-refractivity contribution in [2.75, 3.05) is 14.2 Å². The van der Waals surface area contributed by atoms with Gasteiger partial charge in [0.25, 0.3) is 5.91 Å². The third kappa shape index (κ3) is 4.81. The molecule has 0 radical (unpaired) electrons. The van der Waals surface area contributed by atoms with Crippen molar-refractivity contribution in [3.8, 4) is 0 Å². The highest BCUT2D eigenvalue weighted by molar-refractivity contribution is 6.21. The van der Waals surface area contributed by atoms with Gasteiger partial charge in [0.1, 0.15) is 0 Å². The van der Waals surface area contributed by atoms with Crippen LogP contribution < -0.4 is 0 Å². The molecule has 0 aromatic heterocycles. The molecular formula is C7H12ClNO2. The van der Waals surface area contributed by atoms with E-state index in [2.05, 4.69) is 4.84 Å². The SMILES string of the molecule is CON(C)C(=O)/C=C/C(C)Cl. The lowest BCUT2D eigenvalue weighted by Gasteiger charge is -2.09. The van der Waals surface area contributed by atoms with Crippen molar-refractivity contribution >= 4 is 17.5 Å². The minimum atomic E-state index is -0.222. The van der Waals surface area contributed by atoms with Crippen molar-refractivity contribution in [3.05, 3.63) is 12.2 Å². The molecule has 64 valence electrons. The molecule has 3 nitrogen and oxygen atoms in total. The lowest BCUT2D eigenvalue weighted by molar-refractivity contribution is -0.162. The Balaban J connectivity index is 3.86. The van der Waals surface area contributed by atoms with Crippen molar-refractivity contribution in [2.24, 2.45) is 0 Å². The van der Waals surface area contributed by atoms with Gasteiger partial charge in [-0.2, -0.15) is 0 Å². The number of hydroxylamine groups is 2. The summed E-state index contributed by atoms with van der Waals surface area (Å²) >= 11 is 5.57. The van der Waals surface area contributed by atoms with Gasteiger partial charge in [0.2, 0.25) is 0 Å². The average molecular weight is 178 g/mol. The van der Waals surface area contributed by atoms with E-state index in [0.717, 1.165) is 5.06 Å². The molecular weight excluding hydrogens is 166 g/mol. The summed E-state index contributed by atoms with van der Waals surface area (Å²) < 4.78 is 0. The van der Waals surface area contributed by atoms with E-state index in [-0.39, 0.29) is 11.3 Å². The zero-order valence-electron chi connectivity index (χ0n) is 6.87. The number of alkyl halides is 1. The van der Waals surface area contributed by atoms with Crippen LogP contribution in [0.15, 0.2) is 12.2 Å². The number of likely N-dealkylation sites (N-methyl/N-ethyl adjacent to an activating group) is 1. The summed E-state index contributed by atoms with van der Waals surface area (Å²) in [5.41, 5.74) is 0. The summed E-state index contributed by atoms with van der Waals surface area (Å²) in [5, 5.41) is 0.986. The second-order valence-corrected chi connectivity index (χ2v) is 2.74. The van der Waals surface area contributed by atoms with E-state index in [1.807, 2.05) is 0 Å². The Bertz CT molecular complexity index is 157. The lowest BCUT2D eigenvalue weighted by Crippen LogP contribution is -2.23. The number of hydrogen-bond donors (Lipinski definition) is 0. The number of hydrogen-bond acceptors (Lipinski definition) is 2. The highest BCUT2D eigenvalue weighted by Crippen LogP contribution is 1.95. The lowest BCUT2D eigenvalue weighted by atomic mass is 10.4. The fourth-order valence-electron chi connectivity index (χ4n) is 0.410. The van der Waals surface area contributed by atoms with Crippen LogP contribution in [0, 0.1) is 0 Å².